The molecule has 0 N–H and O–H groups in total. The molecule has 0 spiro atoms. The molecule has 0 saturated carbocycles. The first-order valence-corrected chi connectivity index (χ1v) is 6.07. The van der Waals surface area contributed by atoms with Gasteiger partial charge in [-0.25, -0.2) is 0 Å². The Morgan fingerprint density at radius 2 is 1.78 bits per heavy atom. The summed E-state index contributed by atoms with van der Waals surface area (Å²) in [6.45, 7) is 0.333. The zero-order chi connectivity index (χ0) is 13.0. The smallest absolute Gasteiger partial charge is 0.150 e. The second-order valence-electron chi connectivity index (χ2n) is 3.69. The predicted octanol–water partition coefficient (Wildman–Crippen LogP) is 4.38. The minimum absolute atomic E-state index is 0.333. The van der Waals surface area contributed by atoms with E-state index in [0.29, 0.717) is 28.0 Å². The zero-order valence-electron chi connectivity index (χ0n) is 9.40. The second kappa shape index (κ2) is 5.89. The van der Waals surface area contributed by atoms with Crippen LogP contribution in [0, 0.1) is 0 Å². The molecule has 0 radical (unpaired) electrons. The molecule has 0 aliphatic heterocycles. The fourth-order valence-corrected chi connectivity index (χ4v) is 1.84. The van der Waals surface area contributed by atoms with Crippen LogP contribution in [0.3, 0.4) is 0 Å². The predicted molar refractivity (Wildman–Crippen MR) is 72.6 cm³/mol. The Bertz CT molecular complexity index is 550. The molecule has 0 aromatic heterocycles. The molecule has 0 heterocycles. The Labute approximate surface area is 115 Å². The zero-order valence-corrected chi connectivity index (χ0v) is 10.9. The number of carbonyl (C=O) groups is 1. The lowest BCUT2D eigenvalue weighted by atomic mass is 10.2. The minimum Gasteiger partial charge on any atom is -0.489 e. The third-order valence-electron chi connectivity index (χ3n) is 2.44. The quantitative estimate of drug-likeness (QED) is 0.777. The molecule has 2 nitrogen and oxygen atoms in total. The highest BCUT2D eigenvalue weighted by atomic mass is 35.5. The van der Waals surface area contributed by atoms with Crippen LogP contribution in [0.15, 0.2) is 42.5 Å². The minimum atomic E-state index is 0.333. The molecule has 0 aliphatic carbocycles. The van der Waals surface area contributed by atoms with Crippen molar-refractivity contribution in [2.24, 2.45) is 0 Å². The van der Waals surface area contributed by atoms with Gasteiger partial charge < -0.3 is 4.74 Å². The molecule has 18 heavy (non-hydrogen) atoms. The Morgan fingerprint density at radius 3 is 2.44 bits per heavy atom. The summed E-state index contributed by atoms with van der Waals surface area (Å²) in [4.78, 5) is 10.5. The number of rotatable bonds is 4. The molecule has 2 aromatic rings. The van der Waals surface area contributed by atoms with Gasteiger partial charge in [0.25, 0.3) is 0 Å². The molecule has 0 fully saturated rings. The lowest BCUT2D eigenvalue weighted by Gasteiger charge is -2.08. The average Bonchev–Trinajstić information content (AvgIpc) is 2.41. The van der Waals surface area contributed by atoms with Gasteiger partial charge in [-0.1, -0.05) is 35.3 Å². The van der Waals surface area contributed by atoms with Crippen molar-refractivity contribution in [3.05, 3.63) is 63.6 Å². The van der Waals surface area contributed by atoms with E-state index in [1.165, 1.54) is 0 Å². The summed E-state index contributed by atoms with van der Waals surface area (Å²) in [5, 5.41) is 1.01. The maximum absolute atomic E-state index is 10.5. The van der Waals surface area contributed by atoms with Crippen LogP contribution >= 0.6 is 23.2 Å². The Morgan fingerprint density at radius 1 is 1.06 bits per heavy atom. The second-order valence-corrected chi connectivity index (χ2v) is 4.47. The Balaban J connectivity index is 2.06. The van der Waals surface area contributed by atoms with E-state index in [1.54, 1.807) is 30.3 Å². The van der Waals surface area contributed by atoms with Gasteiger partial charge in [0.1, 0.15) is 18.6 Å². The average molecular weight is 281 g/mol. The lowest BCUT2D eigenvalue weighted by molar-refractivity contribution is 0.112. The van der Waals surface area contributed by atoms with Crippen LogP contribution in [0.4, 0.5) is 0 Å². The largest absolute Gasteiger partial charge is 0.489 e. The molecule has 2 aromatic carbocycles. The molecule has 0 bridgehead atoms. The standard InChI is InChI=1S/C14H10Cl2O2/c15-13-3-1-2-11(14(13)16)9-18-12-6-4-10(8-17)5-7-12/h1-8H,9H2. The van der Waals surface area contributed by atoms with Gasteiger partial charge in [0.05, 0.1) is 10.0 Å². The van der Waals surface area contributed by atoms with Gasteiger partial charge in [-0.05, 0) is 30.3 Å². The van der Waals surface area contributed by atoms with Crippen LogP contribution in [0.5, 0.6) is 5.75 Å². The number of halogens is 2. The van der Waals surface area contributed by atoms with Crippen molar-refractivity contribution in [3.8, 4) is 5.75 Å². The third kappa shape index (κ3) is 3.03. The van der Waals surface area contributed by atoms with Crippen LogP contribution < -0.4 is 4.74 Å². The molecule has 0 unspecified atom stereocenters. The summed E-state index contributed by atoms with van der Waals surface area (Å²) in [5.74, 6) is 0.677. The van der Waals surface area contributed by atoms with Gasteiger partial charge in [0.2, 0.25) is 0 Å². The van der Waals surface area contributed by atoms with Crippen molar-refractivity contribution >= 4 is 29.5 Å². The van der Waals surface area contributed by atoms with E-state index in [9.17, 15) is 4.79 Å². The van der Waals surface area contributed by atoms with Gasteiger partial charge in [-0.2, -0.15) is 0 Å². The first-order valence-electron chi connectivity index (χ1n) is 5.31. The number of benzene rings is 2. The molecule has 0 aliphatic rings. The van der Waals surface area contributed by atoms with Gasteiger partial charge in [0, 0.05) is 11.1 Å². The Kier molecular flexibility index (Phi) is 4.24. The van der Waals surface area contributed by atoms with Crippen LogP contribution in [0.1, 0.15) is 15.9 Å². The number of aldehydes is 1. The van der Waals surface area contributed by atoms with Crippen molar-refractivity contribution in [3.63, 3.8) is 0 Å². The molecule has 0 amide bonds. The topological polar surface area (TPSA) is 26.3 Å². The van der Waals surface area contributed by atoms with E-state index in [0.717, 1.165) is 11.8 Å². The van der Waals surface area contributed by atoms with Crippen molar-refractivity contribution in [1.82, 2.24) is 0 Å². The maximum atomic E-state index is 10.5. The molecule has 2 rings (SSSR count). The summed E-state index contributed by atoms with van der Waals surface area (Å²) >= 11 is 12.0. The van der Waals surface area contributed by atoms with Crippen LogP contribution in [-0.2, 0) is 6.61 Å². The molecular weight excluding hydrogens is 271 g/mol. The van der Waals surface area contributed by atoms with Gasteiger partial charge in [-0.15, -0.1) is 0 Å². The lowest BCUT2D eigenvalue weighted by Crippen LogP contribution is -1.96. The normalized spacial score (nSPS) is 10.1. The van der Waals surface area contributed by atoms with E-state index in [1.807, 2.05) is 12.1 Å². The SMILES string of the molecule is O=Cc1ccc(OCc2cccc(Cl)c2Cl)cc1. The molecule has 0 atom stereocenters. The van der Waals surface area contributed by atoms with Crippen molar-refractivity contribution in [2.45, 2.75) is 6.61 Å². The molecule has 0 saturated heterocycles. The van der Waals surface area contributed by atoms with Crippen LogP contribution in [0.2, 0.25) is 10.0 Å². The monoisotopic (exact) mass is 280 g/mol. The highest BCUT2D eigenvalue weighted by Crippen LogP contribution is 2.26. The Hall–Kier alpha value is -1.51. The summed E-state index contributed by atoms with van der Waals surface area (Å²) < 4.78 is 5.57. The number of hydrogen-bond acceptors (Lipinski definition) is 2. The molecule has 92 valence electrons. The van der Waals surface area contributed by atoms with E-state index in [2.05, 4.69) is 0 Å². The molecular formula is C14H10Cl2O2. The van der Waals surface area contributed by atoms with Crippen molar-refractivity contribution in [2.75, 3.05) is 0 Å². The summed E-state index contributed by atoms with van der Waals surface area (Å²) in [6.07, 6.45) is 0.789. The van der Waals surface area contributed by atoms with Gasteiger partial charge >= 0.3 is 0 Å². The van der Waals surface area contributed by atoms with Gasteiger partial charge in [0.15, 0.2) is 0 Å². The van der Waals surface area contributed by atoms with Crippen LogP contribution in [-0.4, -0.2) is 6.29 Å². The van der Waals surface area contributed by atoms with E-state index in [-0.39, 0.29) is 0 Å². The highest BCUT2D eigenvalue weighted by Gasteiger charge is 2.04. The van der Waals surface area contributed by atoms with Gasteiger partial charge in [-0.3, -0.25) is 4.79 Å². The van der Waals surface area contributed by atoms with Crippen molar-refractivity contribution in [1.29, 1.82) is 0 Å². The van der Waals surface area contributed by atoms with Crippen molar-refractivity contribution < 1.29 is 9.53 Å². The number of ether oxygens (including phenoxy) is 1. The summed E-state index contributed by atoms with van der Waals surface area (Å²) in [6, 6.07) is 12.3. The van der Waals surface area contributed by atoms with E-state index < -0.39 is 0 Å². The van der Waals surface area contributed by atoms with Crippen LogP contribution in [0.25, 0.3) is 0 Å². The third-order valence-corrected chi connectivity index (χ3v) is 3.30. The summed E-state index contributed by atoms with van der Waals surface area (Å²) in [5.41, 5.74) is 1.44. The number of hydrogen-bond donors (Lipinski definition) is 0. The van der Waals surface area contributed by atoms with E-state index >= 15 is 0 Å². The summed E-state index contributed by atoms with van der Waals surface area (Å²) in [7, 11) is 0. The number of carbonyl (C=O) groups excluding carboxylic acids is 1. The fourth-order valence-electron chi connectivity index (χ4n) is 1.46. The maximum Gasteiger partial charge on any atom is 0.150 e. The first kappa shape index (κ1) is 12.9. The first-order chi connectivity index (χ1) is 8.70. The fraction of sp³-hybridized carbons (Fsp3) is 0.0714. The molecule has 4 heteroatoms. The highest BCUT2D eigenvalue weighted by molar-refractivity contribution is 6.42. The van der Waals surface area contributed by atoms with E-state index in [4.69, 9.17) is 27.9 Å².